The lowest BCUT2D eigenvalue weighted by molar-refractivity contribution is 0.0530. The van der Waals surface area contributed by atoms with Crippen molar-refractivity contribution in [1.82, 2.24) is 5.32 Å². The topological polar surface area (TPSA) is 111 Å². The first-order valence-electron chi connectivity index (χ1n) is 5.52. The maximum atomic E-state index is 11.2. The number of carbonyl (C=O) groups excluding carboxylic acids is 1. The van der Waals surface area contributed by atoms with E-state index in [9.17, 15) is 14.4 Å². The van der Waals surface area contributed by atoms with Crippen LogP contribution in [0.1, 0.15) is 20.8 Å². The highest BCUT2D eigenvalue weighted by atomic mass is 16.6. The predicted octanol–water partition coefficient (Wildman–Crippen LogP) is -0.199. The zero-order chi connectivity index (χ0) is 13.9. The summed E-state index contributed by atoms with van der Waals surface area (Å²) in [7, 11) is 0. The van der Waals surface area contributed by atoms with Crippen LogP contribution in [0.15, 0.2) is 9.59 Å². The van der Waals surface area contributed by atoms with Crippen LogP contribution in [0.25, 0.3) is 0 Å². The smallest absolute Gasteiger partial charge is 0.407 e. The van der Waals surface area contributed by atoms with Gasteiger partial charge in [0.05, 0.1) is 0 Å². The highest BCUT2D eigenvalue weighted by molar-refractivity contribution is 5.71. The Morgan fingerprint density at radius 2 is 1.83 bits per heavy atom. The van der Waals surface area contributed by atoms with Gasteiger partial charge in [-0.1, -0.05) is 0 Å². The summed E-state index contributed by atoms with van der Waals surface area (Å²) in [5.41, 5.74) is 3.53. The molecular weight excluding hydrogens is 238 g/mol. The number of carbonyl (C=O) groups is 1. The average molecular weight is 255 g/mol. The van der Waals surface area contributed by atoms with Crippen LogP contribution in [0.3, 0.4) is 0 Å². The molecular formula is C11H17N3O4. The van der Waals surface area contributed by atoms with Gasteiger partial charge in [0.15, 0.2) is 0 Å². The third-order valence-corrected chi connectivity index (χ3v) is 2.04. The summed E-state index contributed by atoms with van der Waals surface area (Å²) in [5.74, 6) is 0. The Bertz CT molecular complexity index is 509. The van der Waals surface area contributed by atoms with Crippen LogP contribution in [-0.2, 0) is 4.74 Å². The molecule has 0 aliphatic heterocycles. The predicted molar refractivity (Wildman–Crippen MR) is 68.5 cm³/mol. The summed E-state index contributed by atoms with van der Waals surface area (Å²) in [6, 6.07) is 0. The molecule has 0 atom stereocenters. The Balaban J connectivity index is 2.26. The fourth-order valence-corrected chi connectivity index (χ4v) is 1.25. The number of hydrogen-bond donors (Lipinski definition) is 3. The molecule has 0 saturated heterocycles. The summed E-state index contributed by atoms with van der Waals surface area (Å²) in [6.45, 7) is 5.82. The van der Waals surface area contributed by atoms with E-state index in [2.05, 4.69) is 10.6 Å². The van der Waals surface area contributed by atoms with Crippen molar-refractivity contribution >= 4 is 17.5 Å². The largest absolute Gasteiger partial charge is 0.444 e. The summed E-state index contributed by atoms with van der Waals surface area (Å²) in [6.07, 6.45) is -0.540. The molecule has 0 aliphatic carbocycles. The summed E-state index contributed by atoms with van der Waals surface area (Å²) < 4.78 is 5.01. The van der Waals surface area contributed by atoms with E-state index < -0.39 is 22.6 Å². The standard InChI is InChI=1S/C11H17N3O4/c1-11(2,3)18-10(17)14-5-4-13-7-6(12)8(15)9(7)16/h13H,4-5,12H2,1-3H3,(H,14,17). The third kappa shape index (κ3) is 3.47. The van der Waals surface area contributed by atoms with Crippen LogP contribution in [0.2, 0.25) is 0 Å². The lowest BCUT2D eigenvalue weighted by Gasteiger charge is -2.19. The van der Waals surface area contributed by atoms with Crippen molar-refractivity contribution in [2.24, 2.45) is 0 Å². The number of rotatable bonds is 4. The van der Waals surface area contributed by atoms with Gasteiger partial charge in [-0.05, 0) is 20.8 Å². The van der Waals surface area contributed by atoms with Gasteiger partial charge in [-0.25, -0.2) is 4.79 Å². The lowest BCUT2D eigenvalue weighted by atomic mass is 10.2. The number of ether oxygens (including phenoxy) is 1. The van der Waals surface area contributed by atoms with E-state index in [4.69, 9.17) is 10.5 Å². The van der Waals surface area contributed by atoms with Crippen LogP contribution in [0, 0.1) is 0 Å². The van der Waals surface area contributed by atoms with E-state index in [1.165, 1.54) is 0 Å². The molecule has 100 valence electrons. The van der Waals surface area contributed by atoms with Gasteiger partial charge < -0.3 is 21.1 Å². The Morgan fingerprint density at radius 3 is 2.33 bits per heavy atom. The fraction of sp³-hybridized carbons (Fsp3) is 0.545. The summed E-state index contributed by atoms with van der Waals surface area (Å²) in [4.78, 5) is 33.1. The molecule has 0 aromatic heterocycles. The molecule has 0 radical (unpaired) electrons. The van der Waals surface area contributed by atoms with Crippen LogP contribution < -0.4 is 27.2 Å². The molecule has 1 aromatic rings. The van der Waals surface area contributed by atoms with E-state index in [0.29, 0.717) is 0 Å². The quantitative estimate of drug-likeness (QED) is 0.507. The second kappa shape index (κ2) is 5.07. The van der Waals surface area contributed by atoms with Gasteiger partial charge in [0.1, 0.15) is 17.0 Å². The molecule has 0 unspecified atom stereocenters. The van der Waals surface area contributed by atoms with Crippen LogP contribution in [0.4, 0.5) is 16.2 Å². The maximum Gasteiger partial charge on any atom is 0.407 e. The molecule has 7 heteroatoms. The highest BCUT2D eigenvalue weighted by Gasteiger charge is 2.18. The van der Waals surface area contributed by atoms with Gasteiger partial charge in [0.25, 0.3) is 10.9 Å². The first-order valence-corrected chi connectivity index (χ1v) is 5.52. The molecule has 1 aromatic carbocycles. The lowest BCUT2D eigenvalue weighted by Crippen LogP contribution is -2.39. The van der Waals surface area contributed by atoms with Crippen molar-refractivity contribution < 1.29 is 9.53 Å². The Hall–Kier alpha value is -2.05. The number of nitrogen functional groups attached to an aromatic ring is 1. The minimum Gasteiger partial charge on any atom is -0.444 e. The minimum atomic E-state index is -0.669. The van der Waals surface area contributed by atoms with Crippen molar-refractivity contribution in [3.63, 3.8) is 0 Å². The van der Waals surface area contributed by atoms with Gasteiger partial charge >= 0.3 is 6.09 Å². The Morgan fingerprint density at radius 1 is 1.22 bits per heavy atom. The molecule has 0 saturated carbocycles. The number of anilines is 2. The van der Waals surface area contributed by atoms with Crippen molar-refractivity contribution in [3.8, 4) is 0 Å². The summed E-state index contributed by atoms with van der Waals surface area (Å²) in [5, 5.41) is 5.18. The van der Waals surface area contributed by atoms with Crippen molar-refractivity contribution in [1.29, 1.82) is 0 Å². The Labute approximate surface area is 104 Å². The van der Waals surface area contributed by atoms with E-state index in [1.54, 1.807) is 20.8 Å². The Kier molecular flexibility index (Phi) is 3.95. The molecule has 1 rings (SSSR count). The second-order valence-corrected chi connectivity index (χ2v) is 4.80. The van der Waals surface area contributed by atoms with Crippen molar-refractivity contribution in [3.05, 3.63) is 20.4 Å². The number of nitrogens with one attached hydrogen (secondary N) is 2. The van der Waals surface area contributed by atoms with Gasteiger partial charge in [0.2, 0.25) is 0 Å². The number of amides is 1. The molecule has 18 heavy (non-hydrogen) atoms. The molecule has 0 fully saturated rings. The first-order chi connectivity index (χ1) is 8.22. The maximum absolute atomic E-state index is 11.2. The van der Waals surface area contributed by atoms with E-state index in [1.807, 2.05) is 0 Å². The summed E-state index contributed by atoms with van der Waals surface area (Å²) >= 11 is 0. The number of hydrogen-bond acceptors (Lipinski definition) is 6. The molecule has 0 spiro atoms. The van der Waals surface area contributed by atoms with Gasteiger partial charge in [-0.3, -0.25) is 9.59 Å². The SMILES string of the molecule is CC(C)(C)OC(=O)NCCNc1c(N)c(=O)c1=O. The van der Waals surface area contributed by atoms with Gasteiger partial charge in [-0.2, -0.15) is 0 Å². The number of nitrogens with two attached hydrogens (primary N) is 1. The molecule has 7 nitrogen and oxygen atoms in total. The monoisotopic (exact) mass is 255 g/mol. The van der Waals surface area contributed by atoms with Crippen LogP contribution in [0.5, 0.6) is 0 Å². The van der Waals surface area contributed by atoms with Gasteiger partial charge in [-0.15, -0.1) is 0 Å². The van der Waals surface area contributed by atoms with Crippen molar-refractivity contribution in [2.75, 3.05) is 24.1 Å². The van der Waals surface area contributed by atoms with Crippen molar-refractivity contribution in [2.45, 2.75) is 26.4 Å². The third-order valence-electron chi connectivity index (χ3n) is 2.04. The first kappa shape index (κ1) is 14.0. The van der Waals surface area contributed by atoms with E-state index in [-0.39, 0.29) is 24.5 Å². The minimum absolute atomic E-state index is 0.0581. The van der Waals surface area contributed by atoms with Crippen LogP contribution in [-0.4, -0.2) is 24.8 Å². The zero-order valence-corrected chi connectivity index (χ0v) is 10.6. The van der Waals surface area contributed by atoms with E-state index in [0.717, 1.165) is 0 Å². The zero-order valence-electron chi connectivity index (χ0n) is 10.6. The normalized spacial score (nSPS) is 11.3. The molecule has 0 aliphatic rings. The highest BCUT2D eigenvalue weighted by Crippen LogP contribution is 2.08. The number of alkyl carbamates (subject to hydrolysis) is 1. The van der Waals surface area contributed by atoms with Crippen LogP contribution >= 0.6 is 0 Å². The molecule has 4 N–H and O–H groups in total. The van der Waals surface area contributed by atoms with E-state index >= 15 is 0 Å². The second-order valence-electron chi connectivity index (χ2n) is 4.80. The van der Waals surface area contributed by atoms with Gasteiger partial charge in [0, 0.05) is 13.1 Å². The fourth-order valence-electron chi connectivity index (χ4n) is 1.25. The molecule has 0 bridgehead atoms. The molecule has 0 heterocycles. The average Bonchev–Trinajstić information content (AvgIpc) is 2.25. The molecule has 1 amide bonds.